The molecule has 0 unspecified atom stereocenters. The van der Waals surface area contributed by atoms with Crippen LogP contribution in [0.25, 0.3) is 22.3 Å². The maximum Gasteiger partial charge on any atom is 0.322 e. The summed E-state index contributed by atoms with van der Waals surface area (Å²) in [4.78, 5) is 22.0. The molecule has 0 spiro atoms. The van der Waals surface area contributed by atoms with E-state index in [1.807, 2.05) is 32.9 Å². The topological polar surface area (TPSA) is 83.7 Å². The van der Waals surface area contributed by atoms with Gasteiger partial charge in [-0.3, -0.25) is 4.79 Å². The lowest BCUT2D eigenvalue weighted by Gasteiger charge is -2.13. The summed E-state index contributed by atoms with van der Waals surface area (Å²) in [5, 5.41) is 0.420. The molecule has 0 bridgehead atoms. The van der Waals surface area contributed by atoms with E-state index in [1.165, 1.54) is 0 Å². The number of rotatable bonds is 5. The lowest BCUT2D eigenvalue weighted by atomic mass is 10.1. The summed E-state index contributed by atoms with van der Waals surface area (Å²) in [6.45, 7) is 5.58. The fourth-order valence-electron chi connectivity index (χ4n) is 3.38. The van der Waals surface area contributed by atoms with Crippen LogP contribution < -0.4 is 19.6 Å². The van der Waals surface area contributed by atoms with Crippen molar-refractivity contribution in [2.45, 2.75) is 20.8 Å². The first-order valence-corrected chi connectivity index (χ1v) is 9.69. The van der Waals surface area contributed by atoms with Gasteiger partial charge in [-0.2, -0.15) is 0 Å². The molecule has 0 fully saturated rings. The third-order valence-electron chi connectivity index (χ3n) is 4.81. The minimum Gasteiger partial charge on any atom is -0.493 e. The van der Waals surface area contributed by atoms with Crippen LogP contribution in [0, 0.1) is 20.8 Å². The number of methoxy groups -OCH3 is 2. The van der Waals surface area contributed by atoms with Gasteiger partial charge in [0.25, 0.3) is 0 Å². The van der Waals surface area contributed by atoms with E-state index in [2.05, 4.69) is 9.97 Å². The molecule has 31 heavy (non-hydrogen) atoms. The number of benzene rings is 2. The molecular weight excluding hydrogens is 396 g/mol. The number of fused-ring (bicyclic) bond motifs is 1. The average Bonchev–Trinajstić information content (AvgIpc) is 2.74. The molecule has 0 saturated carbocycles. The summed E-state index contributed by atoms with van der Waals surface area (Å²) in [5.74, 6) is 1.32. The van der Waals surface area contributed by atoms with Crippen molar-refractivity contribution in [1.82, 2.24) is 9.97 Å². The molecule has 2 aromatic heterocycles. The highest BCUT2D eigenvalue weighted by molar-refractivity contribution is 5.83. The molecule has 7 heteroatoms. The smallest absolute Gasteiger partial charge is 0.322 e. The zero-order chi connectivity index (χ0) is 22.1. The lowest BCUT2D eigenvalue weighted by molar-refractivity contribution is 0.355. The first-order chi connectivity index (χ1) is 14.9. The van der Waals surface area contributed by atoms with Crippen molar-refractivity contribution in [2.75, 3.05) is 14.2 Å². The summed E-state index contributed by atoms with van der Waals surface area (Å²) < 4.78 is 22.8. The molecule has 2 heterocycles. The predicted molar refractivity (Wildman–Crippen MR) is 117 cm³/mol. The second kappa shape index (κ2) is 8.10. The van der Waals surface area contributed by atoms with Crippen LogP contribution in [0.4, 0.5) is 0 Å². The summed E-state index contributed by atoms with van der Waals surface area (Å²) in [5.41, 5.74) is 3.14. The molecule has 0 radical (unpaired) electrons. The summed E-state index contributed by atoms with van der Waals surface area (Å²) in [7, 11) is 3.10. The zero-order valence-electron chi connectivity index (χ0n) is 18.0. The molecule has 0 aliphatic rings. The fraction of sp³-hybridized carbons (Fsp3) is 0.208. The molecule has 0 aliphatic heterocycles. The molecule has 158 valence electrons. The molecule has 7 nitrogen and oxygen atoms in total. The largest absolute Gasteiger partial charge is 0.493 e. The van der Waals surface area contributed by atoms with Crippen molar-refractivity contribution in [1.29, 1.82) is 0 Å². The number of hydrogen-bond acceptors (Lipinski definition) is 7. The van der Waals surface area contributed by atoms with Crippen LogP contribution in [-0.4, -0.2) is 24.2 Å². The highest BCUT2D eigenvalue weighted by Crippen LogP contribution is 2.37. The van der Waals surface area contributed by atoms with Crippen LogP contribution >= 0.6 is 0 Å². The Labute approximate surface area is 179 Å². The van der Waals surface area contributed by atoms with E-state index in [4.69, 9.17) is 18.6 Å². The van der Waals surface area contributed by atoms with Crippen LogP contribution in [0.2, 0.25) is 0 Å². The minimum absolute atomic E-state index is 0.00956. The van der Waals surface area contributed by atoms with Crippen molar-refractivity contribution >= 4 is 11.0 Å². The highest BCUT2D eigenvalue weighted by Gasteiger charge is 2.21. The van der Waals surface area contributed by atoms with Gasteiger partial charge in [0.1, 0.15) is 5.58 Å². The maximum atomic E-state index is 13.4. The lowest BCUT2D eigenvalue weighted by Crippen LogP contribution is -2.09. The van der Waals surface area contributed by atoms with E-state index < -0.39 is 0 Å². The van der Waals surface area contributed by atoms with Crippen LogP contribution in [0.15, 0.2) is 51.7 Å². The van der Waals surface area contributed by atoms with Crippen molar-refractivity contribution in [3.05, 3.63) is 69.6 Å². The van der Waals surface area contributed by atoms with Crippen LogP contribution in [-0.2, 0) is 0 Å². The first kappa shape index (κ1) is 20.4. The van der Waals surface area contributed by atoms with E-state index in [0.717, 1.165) is 17.0 Å². The number of hydrogen-bond donors (Lipinski definition) is 0. The number of aryl methyl sites for hydroxylation is 3. The third-order valence-corrected chi connectivity index (χ3v) is 4.81. The Morgan fingerprint density at radius 3 is 2.23 bits per heavy atom. The van der Waals surface area contributed by atoms with Gasteiger partial charge in [0, 0.05) is 17.0 Å². The number of ether oxygens (including phenoxy) is 3. The number of aromatic nitrogens is 2. The van der Waals surface area contributed by atoms with Gasteiger partial charge in [0.2, 0.25) is 11.2 Å². The normalized spacial score (nSPS) is 10.9. The fourth-order valence-corrected chi connectivity index (χ4v) is 3.38. The Hall–Kier alpha value is -3.87. The second-order valence-electron chi connectivity index (χ2n) is 7.19. The van der Waals surface area contributed by atoms with E-state index in [9.17, 15) is 4.79 Å². The van der Waals surface area contributed by atoms with Gasteiger partial charge in [0.15, 0.2) is 17.3 Å². The molecule has 0 saturated heterocycles. The van der Waals surface area contributed by atoms with Crippen molar-refractivity contribution in [2.24, 2.45) is 0 Å². The van der Waals surface area contributed by atoms with E-state index in [0.29, 0.717) is 28.0 Å². The highest BCUT2D eigenvalue weighted by atomic mass is 16.5. The Balaban J connectivity index is 1.98. The van der Waals surface area contributed by atoms with Gasteiger partial charge in [-0.25, -0.2) is 9.97 Å². The monoisotopic (exact) mass is 418 g/mol. The molecule has 0 aliphatic carbocycles. The summed E-state index contributed by atoms with van der Waals surface area (Å²) >= 11 is 0. The standard InChI is InChI=1S/C24H22N2O5/c1-13-6-8-18-17(10-13)21(27)23(31-24-25-14(2)11-15(3)26-24)22(30-18)16-7-9-19(28-4)20(12-16)29-5/h6-12H,1-5H3. The van der Waals surface area contributed by atoms with Gasteiger partial charge in [-0.15, -0.1) is 0 Å². The number of nitrogens with zero attached hydrogens (tertiary/aromatic N) is 2. The minimum atomic E-state index is -0.308. The van der Waals surface area contributed by atoms with Crippen LogP contribution in [0.3, 0.4) is 0 Å². The molecule has 0 atom stereocenters. The van der Waals surface area contributed by atoms with Crippen molar-refractivity contribution < 1.29 is 18.6 Å². The SMILES string of the molecule is COc1ccc(-c2oc3ccc(C)cc3c(=O)c2Oc2nc(C)cc(C)n2)cc1OC. The molecule has 2 aromatic carbocycles. The van der Waals surface area contributed by atoms with Crippen molar-refractivity contribution in [3.63, 3.8) is 0 Å². The van der Waals surface area contributed by atoms with Crippen LogP contribution in [0.5, 0.6) is 23.3 Å². The van der Waals surface area contributed by atoms with E-state index in [1.54, 1.807) is 44.6 Å². The Morgan fingerprint density at radius 1 is 0.839 bits per heavy atom. The zero-order valence-corrected chi connectivity index (χ0v) is 18.0. The summed E-state index contributed by atoms with van der Waals surface area (Å²) in [6.07, 6.45) is 0. The first-order valence-electron chi connectivity index (χ1n) is 9.69. The van der Waals surface area contributed by atoms with Gasteiger partial charge >= 0.3 is 6.01 Å². The van der Waals surface area contributed by atoms with Crippen molar-refractivity contribution in [3.8, 4) is 34.6 Å². The molecule has 4 aromatic rings. The quantitative estimate of drug-likeness (QED) is 0.452. The van der Waals surface area contributed by atoms with Gasteiger partial charge < -0.3 is 18.6 Å². The molecule has 0 N–H and O–H groups in total. The van der Waals surface area contributed by atoms with Gasteiger partial charge in [0.05, 0.1) is 19.6 Å². The van der Waals surface area contributed by atoms with Gasteiger partial charge in [-0.05, 0) is 57.2 Å². The average molecular weight is 418 g/mol. The Bertz CT molecular complexity index is 1320. The maximum absolute atomic E-state index is 13.4. The third kappa shape index (κ3) is 3.94. The summed E-state index contributed by atoms with van der Waals surface area (Å²) in [6, 6.07) is 12.6. The second-order valence-corrected chi connectivity index (χ2v) is 7.19. The van der Waals surface area contributed by atoms with E-state index >= 15 is 0 Å². The van der Waals surface area contributed by atoms with Crippen LogP contribution in [0.1, 0.15) is 17.0 Å². The molecular formula is C24H22N2O5. The van der Waals surface area contributed by atoms with Gasteiger partial charge in [-0.1, -0.05) is 11.6 Å². The Kier molecular flexibility index (Phi) is 5.33. The molecule has 4 rings (SSSR count). The predicted octanol–water partition coefficient (Wildman–Crippen LogP) is 4.98. The van der Waals surface area contributed by atoms with E-state index in [-0.39, 0.29) is 22.9 Å². The molecule has 0 amide bonds. The Morgan fingerprint density at radius 2 is 1.55 bits per heavy atom.